The van der Waals surface area contributed by atoms with Crippen LogP contribution >= 0.6 is 0 Å². The summed E-state index contributed by atoms with van der Waals surface area (Å²) in [6, 6.07) is -1.37. The highest BCUT2D eigenvalue weighted by Crippen LogP contribution is 2.11. The first-order valence-electron chi connectivity index (χ1n) is 7.50. The monoisotopic (exact) mass is 302 g/mol. The highest BCUT2D eigenvalue weighted by Gasteiger charge is 2.31. The zero-order chi connectivity index (χ0) is 16.7. The lowest BCUT2D eigenvalue weighted by atomic mass is 9.97. The van der Waals surface area contributed by atoms with E-state index in [1.165, 1.54) is 0 Å². The molecule has 124 valence electrons. The highest BCUT2D eigenvalue weighted by atomic mass is 16.6. The summed E-state index contributed by atoms with van der Waals surface area (Å²) in [5.74, 6) is -0.919. The van der Waals surface area contributed by atoms with Crippen LogP contribution in [0.2, 0.25) is 0 Å². The minimum absolute atomic E-state index is 0.0236. The zero-order valence-corrected chi connectivity index (χ0v) is 13.9. The van der Waals surface area contributed by atoms with Gasteiger partial charge >= 0.3 is 5.97 Å². The lowest BCUT2D eigenvalue weighted by Gasteiger charge is -2.27. The van der Waals surface area contributed by atoms with Crippen molar-refractivity contribution in [2.75, 3.05) is 0 Å². The Labute approximate surface area is 127 Å². The van der Waals surface area contributed by atoms with Crippen LogP contribution in [0.15, 0.2) is 0 Å². The fraction of sp³-hybridized carbons (Fsp3) is 0.867. The lowest BCUT2D eigenvalue weighted by Crippen LogP contribution is -2.54. The van der Waals surface area contributed by atoms with Crippen molar-refractivity contribution in [2.24, 2.45) is 17.6 Å². The largest absolute Gasteiger partial charge is 0.461 e. The number of carbonyl (C=O) groups is 2. The van der Waals surface area contributed by atoms with E-state index in [0.717, 1.165) is 0 Å². The summed E-state index contributed by atoms with van der Waals surface area (Å²) in [4.78, 5) is 23.8. The molecule has 1 amide bonds. The molecular formula is C15H30N2O4. The summed E-state index contributed by atoms with van der Waals surface area (Å²) in [6.45, 7) is 11.0. The summed E-state index contributed by atoms with van der Waals surface area (Å²) < 4.78 is 4.99. The summed E-state index contributed by atoms with van der Waals surface area (Å²) in [5, 5.41) is 12.8. The van der Waals surface area contributed by atoms with Crippen LogP contribution in [-0.2, 0) is 14.3 Å². The number of aliphatic hydroxyl groups excluding tert-OH is 1. The molecule has 0 radical (unpaired) electrons. The SMILES string of the molecule is CC(C)C[C@H](NC(=O)[C@@H](N)C(C)C)C(O)C(=O)OC(C)C. The fourth-order valence-electron chi connectivity index (χ4n) is 1.82. The first-order valence-corrected chi connectivity index (χ1v) is 7.50. The van der Waals surface area contributed by atoms with Crippen molar-refractivity contribution in [3.8, 4) is 0 Å². The van der Waals surface area contributed by atoms with Crippen molar-refractivity contribution < 1.29 is 19.4 Å². The average Bonchev–Trinajstić information content (AvgIpc) is 2.34. The predicted molar refractivity (Wildman–Crippen MR) is 81.4 cm³/mol. The first kappa shape index (κ1) is 19.9. The van der Waals surface area contributed by atoms with E-state index in [9.17, 15) is 14.7 Å². The number of rotatable bonds is 8. The van der Waals surface area contributed by atoms with E-state index in [4.69, 9.17) is 10.5 Å². The van der Waals surface area contributed by atoms with Crippen LogP contribution in [-0.4, -0.2) is 41.3 Å². The molecule has 0 aromatic carbocycles. The van der Waals surface area contributed by atoms with Gasteiger partial charge in [0.2, 0.25) is 5.91 Å². The molecule has 0 spiro atoms. The summed E-state index contributed by atoms with van der Waals surface area (Å²) >= 11 is 0. The molecule has 0 aliphatic heterocycles. The molecule has 0 rings (SSSR count). The Morgan fingerprint density at radius 1 is 1.14 bits per heavy atom. The van der Waals surface area contributed by atoms with Gasteiger partial charge in [0.1, 0.15) is 0 Å². The minimum atomic E-state index is -1.39. The molecule has 0 heterocycles. The minimum Gasteiger partial charge on any atom is -0.461 e. The number of nitrogens with one attached hydrogen (secondary N) is 1. The second-order valence-corrected chi connectivity index (χ2v) is 6.44. The molecule has 1 unspecified atom stereocenters. The Morgan fingerprint density at radius 3 is 2.05 bits per heavy atom. The molecule has 4 N–H and O–H groups in total. The van der Waals surface area contributed by atoms with Gasteiger partial charge in [0.25, 0.3) is 0 Å². The van der Waals surface area contributed by atoms with E-state index >= 15 is 0 Å². The Kier molecular flexibility index (Phi) is 8.51. The van der Waals surface area contributed by atoms with Crippen molar-refractivity contribution in [1.82, 2.24) is 5.32 Å². The predicted octanol–water partition coefficient (Wildman–Crippen LogP) is 0.813. The summed E-state index contributed by atoms with van der Waals surface area (Å²) in [6.07, 6.45) is -1.25. The highest BCUT2D eigenvalue weighted by molar-refractivity contribution is 5.83. The van der Waals surface area contributed by atoms with Gasteiger partial charge in [-0.25, -0.2) is 4.79 Å². The third-order valence-corrected chi connectivity index (χ3v) is 3.05. The molecule has 0 fully saturated rings. The average molecular weight is 302 g/mol. The Hall–Kier alpha value is -1.14. The molecule has 3 atom stereocenters. The maximum Gasteiger partial charge on any atom is 0.337 e. The molecule has 6 nitrogen and oxygen atoms in total. The van der Waals surface area contributed by atoms with E-state index in [2.05, 4.69) is 5.32 Å². The van der Waals surface area contributed by atoms with E-state index in [0.29, 0.717) is 6.42 Å². The van der Waals surface area contributed by atoms with Crippen molar-refractivity contribution in [3.63, 3.8) is 0 Å². The van der Waals surface area contributed by atoms with Gasteiger partial charge in [-0.05, 0) is 32.1 Å². The van der Waals surface area contributed by atoms with E-state index in [-0.39, 0.29) is 23.8 Å². The van der Waals surface area contributed by atoms with E-state index in [1.54, 1.807) is 13.8 Å². The third-order valence-electron chi connectivity index (χ3n) is 3.05. The number of ether oxygens (including phenoxy) is 1. The Bertz CT molecular complexity index is 343. The van der Waals surface area contributed by atoms with Gasteiger partial charge in [0, 0.05) is 0 Å². The number of esters is 1. The molecule has 0 saturated carbocycles. The normalized spacial score (nSPS) is 16.0. The number of nitrogens with two attached hydrogens (primary N) is 1. The van der Waals surface area contributed by atoms with Gasteiger partial charge in [-0.1, -0.05) is 27.7 Å². The fourth-order valence-corrected chi connectivity index (χ4v) is 1.82. The molecule has 0 aliphatic carbocycles. The van der Waals surface area contributed by atoms with Crippen LogP contribution in [0.1, 0.15) is 48.0 Å². The number of hydrogen-bond donors (Lipinski definition) is 3. The number of aliphatic hydroxyl groups is 1. The lowest BCUT2D eigenvalue weighted by molar-refractivity contribution is -0.159. The number of amides is 1. The standard InChI is InChI=1S/C15H30N2O4/c1-8(2)7-11(13(18)15(20)21-10(5)6)17-14(19)12(16)9(3)4/h8-13,18H,7,16H2,1-6H3,(H,17,19)/t11-,12-,13?/m0/s1. The van der Waals surface area contributed by atoms with Crippen LogP contribution in [0.5, 0.6) is 0 Å². The van der Waals surface area contributed by atoms with Gasteiger partial charge in [-0.15, -0.1) is 0 Å². The second kappa shape index (κ2) is 9.00. The van der Waals surface area contributed by atoms with Crippen molar-refractivity contribution in [1.29, 1.82) is 0 Å². The maximum absolute atomic E-state index is 12.0. The Balaban J connectivity index is 4.86. The molecule has 0 saturated heterocycles. The van der Waals surface area contributed by atoms with Gasteiger partial charge in [0.15, 0.2) is 6.10 Å². The molecule has 21 heavy (non-hydrogen) atoms. The van der Waals surface area contributed by atoms with Crippen LogP contribution in [0.25, 0.3) is 0 Å². The molecule has 0 bridgehead atoms. The van der Waals surface area contributed by atoms with Crippen molar-refractivity contribution in [2.45, 2.75) is 72.3 Å². The van der Waals surface area contributed by atoms with Crippen molar-refractivity contribution >= 4 is 11.9 Å². The number of hydrogen-bond acceptors (Lipinski definition) is 5. The third kappa shape index (κ3) is 7.43. The molecule has 0 aromatic heterocycles. The van der Waals surface area contributed by atoms with E-state index < -0.39 is 24.2 Å². The smallest absolute Gasteiger partial charge is 0.337 e. The van der Waals surface area contributed by atoms with Gasteiger partial charge in [-0.2, -0.15) is 0 Å². The van der Waals surface area contributed by atoms with Crippen LogP contribution in [0.3, 0.4) is 0 Å². The van der Waals surface area contributed by atoms with E-state index in [1.807, 2.05) is 27.7 Å². The van der Waals surface area contributed by atoms with Gasteiger partial charge in [0.05, 0.1) is 18.2 Å². The summed E-state index contributed by atoms with van der Waals surface area (Å²) in [5.41, 5.74) is 5.79. The van der Waals surface area contributed by atoms with Crippen LogP contribution in [0.4, 0.5) is 0 Å². The molecule has 0 aromatic rings. The quantitative estimate of drug-likeness (QED) is 0.576. The van der Waals surface area contributed by atoms with Gasteiger partial charge in [-0.3, -0.25) is 4.79 Å². The molecular weight excluding hydrogens is 272 g/mol. The zero-order valence-electron chi connectivity index (χ0n) is 13.9. The molecule has 0 aliphatic rings. The topological polar surface area (TPSA) is 102 Å². The first-order chi connectivity index (χ1) is 9.56. The summed E-state index contributed by atoms with van der Waals surface area (Å²) in [7, 11) is 0. The number of carbonyl (C=O) groups excluding carboxylic acids is 2. The van der Waals surface area contributed by atoms with Gasteiger partial charge < -0.3 is 20.9 Å². The van der Waals surface area contributed by atoms with Crippen LogP contribution in [0, 0.1) is 11.8 Å². The van der Waals surface area contributed by atoms with Crippen LogP contribution < -0.4 is 11.1 Å². The maximum atomic E-state index is 12.0. The molecule has 6 heteroatoms. The Morgan fingerprint density at radius 2 is 1.67 bits per heavy atom. The second-order valence-electron chi connectivity index (χ2n) is 6.44. The van der Waals surface area contributed by atoms with Crippen molar-refractivity contribution in [3.05, 3.63) is 0 Å².